The number of rotatable bonds is 4. The van der Waals surface area contributed by atoms with Crippen LogP contribution in [0.2, 0.25) is 0 Å². The van der Waals surface area contributed by atoms with Crippen molar-refractivity contribution >= 4 is 17.5 Å². The van der Waals surface area contributed by atoms with Crippen LogP contribution in [-0.2, 0) is 0 Å². The van der Waals surface area contributed by atoms with Crippen LogP contribution in [0.4, 0.5) is 0 Å². The third-order valence-corrected chi connectivity index (χ3v) is 2.41. The summed E-state index contributed by atoms with van der Waals surface area (Å²) >= 11 is 1.47. The Labute approximate surface area is 87.8 Å². The van der Waals surface area contributed by atoms with E-state index in [1.165, 1.54) is 18.0 Å². The first-order valence-corrected chi connectivity index (χ1v) is 5.31. The number of nitrogens with zero attached hydrogens (tertiary/aromatic N) is 3. The molecule has 5 nitrogen and oxygen atoms in total. The monoisotopic (exact) mass is 217 g/mol. The van der Waals surface area contributed by atoms with Gasteiger partial charge in [-0.1, -0.05) is 10.0 Å². The van der Waals surface area contributed by atoms with E-state index in [1.54, 1.807) is 13.8 Å². The van der Waals surface area contributed by atoms with E-state index in [9.17, 15) is 5.21 Å². The molecule has 0 spiro atoms. The normalized spacial score (nSPS) is 17.0. The summed E-state index contributed by atoms with van der Waals surface area (Å²) in [5.41, 5.74) is 0.404. The predicted octanol–water partition coefficient (Wildman–Crippen LogP) is 2.41. The van der Waals surface area contributed by atoms with Gasteiger partial charge in [0.2, 0.25) is 6.20 Å². The molecular weight excluding hydrogens is 202 g/mol. The van der Waals surface area contributed by atoms with Crippen LogP contribution < -0.4 is 0 Å². The van der Waals surface area contributed by atoms with Gasteiger partial charge in [-0.2, -0.15) is 0 Å². The molecule has 0 rings (SSSR count). The molecule has 0 fully saturated rings. The SMILES string of the molecule is CSC(C)=C[N+]([O-])=NC(C)C(C)=NO. The predicted molar refractivity (Wildman–Crippen MR) is 57.7 cm³/mol. The summed E-state index contributed by atoms with van der Waals surface area (Å²) in [6.07, 6.45) is 3.26. The summed E-state index contributed by atoms with van der Waals surface area (Å²) in [6.45, 7) is 5.11. The van der Waals surface area contributed by atoms with E-state index < -0.39 is 6.04 Å². The van der Waals surface area contributed by atoms with Crippen LogP contribution in [-0.4, -0.2) is 28.1 Å². The molecule has 0 aliphatic rings. The van der Waals surface area contributed by atoms with Crippen molar-refractivity contribution in [3.05, 3.63) is 16.3 Å². The average molecular weight is 217 g/mol. The largest absolute Gasteiger partial charge is 0.595 e. The smallest absolute Gasteiger partial charge is 0.218 e. The molecule has 0 amide bonds. The van der Waals surface area contributed by atoms with Crippen LogP contribution in [0.1, 0.15) is 20.8 Å². The van der Waals surface area contributed by atoms with E-state index in [2.05, 4.69) is 10.3 Å². The molecule has 0 aromatic heterocycles. The number of allylic oxidation sites excluding steroid dienone is 1. The number of thioether (sulfide) groups is 1. The van der Waals surface area contributed by atoms with Crippen molar-refractivity contribution in [3.8, 4) is 0 Å². The Kier molecular flexibility index (Phi) is 5.94. The maximum absolute atomic E-state index is 11.2. The van der Waals surface area contributed by atoms with Crippen molar-refractivity contribution in [1.82, 2.24) is 0 Å². The fraction of sp³-hybridized carbons (Fsp3) is 0.625. The van der Waals surface area contributed by atoms with Gasteiger partial charge >= 0.3 is 0 Å². The standard InChI is InChI=1S/C8H15N3O2S/c1-6(14-4)5-11(13)9-7(2)8(3)10-12/h5,7,12H,1-4H3. The van der Waals surface area contributed by atoms with Gasteiger partial charge in [-0.15, -0.1) is 11.8 Å². The van der Waals surface area contributed by atoms with Crippen molar-refractivity contribution in [2.45, 2.75) is 26.8 Å². The number of azo groups is 1. The second-order valence-electron chi connectivity index (χ2n) is 2.78. The van der Waals surface area contributed by atoms with Gasteiger partial charge in [-0.25, -0.2) is 0 Å². The van der Waals surface area contributed by atoms with Crippen LogP contribution in [0, 0.1) is 5.21 Å². The fourth-order valence-electron chi connectivity index (χ4n) is 0.579. The van der Waals surface area contributed by atoms with Crippen molar-refractivity contribution in [2.24, 2.45) is 10.3 Å². The van der Waals surface area contributed by atoms with Crippen molar-refractivity contribution in [2.75, 3.05) is 6.26 Å². The first kappa shape index (κ1) is 13.0. The van der Waals surface area contributed by atoms with Gasteiger partial charge in [-0.3, -0.25) is 0 Å². The molecule has 0 bridgehead atoms. The molecule has 0 saturated carbocycles. The molecule has 1 atom stereocenters. The zero-order valence-electron chi connectivity index (χ0n) is 8.76. The van der Waals surface area contributed by atoms with Crippen LogP contribution >= 0.6 is 11.8 Å². The Morgan fingerprint density at radius 1 is 1.57 bits per heavy atom. The highest BCUT2D eigenvalue weighted by atomic mass is 32.2. The average Bonchev–Trinajstić information content (AvgIpc) is 2.15. The lowest BCUT2D eigenvalue weighted by molar-refractivity contribution is -0.460. The summed E-state index contributed by atoms with van der Waals surface area (Å²) in [6, 6.07) is -0.414. The van der Waals surface area contributed by atoms with E-state index in [4.69, 9.17) is 5.21 Å². The molecule has 0 aromatic rings. The molecule has 14 heavy (non-hydrogen) atoms. The van der Waals surface area contributed by atoms with Crippen molar-refractivity contribution in [3.63, 3.8) is 0 Å². The summed E-state index contributed by atoms with van der Waals surface area (Å²) < 4.78 is 0. The maximum Gasteiger partial charge on any atom is 0.218 e. The van der Waals surface area contributed by atoms with E-state index in [0.29, 0.717) is 10.6 Å². The molecule has 0 aliphatic carbocycles. The molecule has 0 aliphatic heterocycles. The van der Waals surface area contributed by atoms with Gasteiger partial charge in [0.15, 0.2) is 6.04 Å². The Hall–Kier alpha value is -1.04. The minimum Gasteiger partial charge on any atom is -0.595 e. The quantitative estimate of drug-likeness (QED) is 0.258. The minimum absolute atomic E-state index is 0.404. The van der Waals surface area contributed by atoms with Crippen LogP contribution in [0.25, 0.3) is 0 Å². The molecule has 6 heteroatoms. The lowest BCUT2D eigenvalue weighted by Crippen LogP contribution is -2.13. The Morgan fingerprint density at radius 3 is 2.57 bits per heavy atom. The summed E-state index contributed by atoms with van der Waals surface area (Å²) in [5.74, 6) is 0. The molecule has 0 aromatic carbocycles. The molecule has 0 heterocycles. The molecule has 0 saturated heterocycles. The zero-order chi connectivity index (χ0) is 11.1. The van der Waals surface area contributed by atoms with Crippen molar-refractivity contribution < 1.29 is 10.1 Å². The van der Waals surface area contributed by atoms with E-state index in [-0.39, 0.29) is 0 Å². The van der Waals surface area contributed by atoms with E-state index in [1.807, 2.05) is 13.2 Å². The number of hydrogen-bond acceptors (Lipinski definition) is 5. The zero-order valence-corrected chi connectivity index (χ0v) is 9.58. The van der Waals surface area contributed by atoms with Crippen molar-refractivity contribution in [1.29, 1.82) is 0 Å². The van der Waals surface area contributed by atoms with Gasteiger partial charge in [0, 0.05) is 4.91 Å². The number of oxime groups is 1. The Balaban J connectivity index is 4.52. The first-order valence-electron chi connectivity index (χ1n) is 4.09. The van der Waals surface area contributed by atoms with Gasteiger partial charge in [-0.05, 0) is 32.1 Å². The minimum atomic E-state index is -0.414. The third kappa shape index (κ3) is 4.86. The van der Waals surface area contributed by atoms with Gasteiger partial charge < -0.3 is 10.4 Å². The molecular formula is C8H15N3O2S. The van der Waals surface area contributed by atoms with Gasteiger partial charge in [0.05, 0.1) is 5.71 Å². The highest BCUT2D eigenvalue weighted by molar-refractivity contribution is 8.02. The van der Waals surface area contributed by atoms with Gasteiger partial charge in [0.1, 0.15) is 0 Å². The summed E-state index contributed by atoms with van der Waals surface area (Å²) in [5, 5.41) is 26.3. The Bertz CT molecular complexity index is 274. The number of hydroxylamine groups is 1. The lowest BCUT2D eigenvalue weighted by Gasteiger charge is -2.01. The van der Waals surface area contributed by atoms with Gasteiger partial charge in [0.25, 0.3) is 0 Å². The second kappa shape index (κ2) is 6.42. The number of hydrogen-bond donors (Lipinski definition) is 1. The van der Waals surface area contributed by atoms with Crippen LogP contribution in [0.15, 0.2) is 21.4 Å². The highest BCUT2D eigenvalue weighted by Gasteiger charge is 2.08. The summed E-state index contributed by atoms with van der Waals surface area (Å²) in [4.78, 5) is 1.36. The van der Waals surface area contributed by atoms with E-state index in [0.717, 1.165) is 4.91 Å². The topological polar surface area (TPSA) is 71.0 Å². The Morgan fingerprint density at radius 2 is 2.14 bits per heavy atom. The molecule has 1 unspecified atom stereocenters. The second-order valence-corrected chi connectivity index (χ2v) is 3.83. The van der Waals surface area contributed by atoms with E-state index >= 15 is 0 Å². The lowest BCUT2D eigenvalue weighted by atomic mass is 10.2. The molecule has 1 N–H and O–H groups in total. The fourth-order valence-corrected chi connectivity index (χ4v) is 0.775. The highest BCUT2D eigenvalue weighted by Crippen LogP contribution is 2.09. The molecule has 0 radical (unpaired) electrons. The third-order valence-electron chi connectivity index (χ3n) is 1.66. The molecule has 80 valence electrons. The van der Waals surface area contributed by atoms with Crippen LogP contribution in [0.5, 0.6) is 0 Å². The van der Waals surface area contributed by atoms with Crippen LogP contribution in [0.3, 0.4) is 0 Å². The summed E-state index contributed by atoms with van der Waals surface area (Å²) in [7, 11) is 0. The first-order chi connectivity index (χ1) is 6.51. The maximum atomic E-state index is 11.2.